The van der Waals surface area contributed by atoms with Gasteiger partial charge in [0.1, 0.15) is 11.3 Å². The topological polar surface area (TPSA) is 68.5 Å². The number of amides is 1. The van der Waals surface area contributed by atoms with Crippen molar-refractivity contribution in [3.8, 4) is 5.88 Å². The summed E-state index contributed by atoms with van der Waals surface area (Å²) >= 11 is 5.94. The second kappa shape index (κ2) is 8.66. The van der Waals surface area contributed by atoms with Gasteiger partial charge < -0.3 is 14.1 Å². The summed E-state index contributed by atoms with van der Waals surface area (Å²) in [5.41, 5.74) is 1.59. The van der Waals surface area contributed by atoms with Crippen LogP contribution in [0.5, 0.6) is 5.88 Å². The number of aromatic nitrogens is 2. The predicted molar refractivity (Wildman–Crippen MR) is 109 cm³/mol. The lowest BCUT2D eigenvalue weighted by Crippen LogP contribution is -2.39. The Labute approximate surface area is 174 Å². The Hall–Kier alpha value is -2.86. The predicted octanol–water partition coefficient (Wildman–Crippen LogP) is 4.34. The van der Waals surface area contributed by atoms with Gasteiger partial charge in [0.25, 0.3) is 5.91 Å². The lowest BCUT2D eigenvalue weighted by molar-refractivity contribution is 0.0693. The van der Waals surface area contributed by atoms with Crippen molar-refractivity contribution >= 4 is 17.5 Å². The number of methoxy groups -OCH3 is 1. The van der Waals surface area contributed by atoms with Crippen LogP contribution in [0.3, 0.4) is 0 Å². The van der Waals surface area contributed by atoms with Crippen LogP contribution in [0.15, 0.2) is 53.2 Å². The van der Waals surface area contributed by atoms with Crippen molar-refractivity contribution in [2.24, 2.45) is 0 Å². The zero-order valence-corrected chi connectivity index (χ0v) is 16.9. The Morgan fingerprint density at radius 1 is 1.28 bits per heavy atom. The van der Waals surface area contributed by atoms with Crippen LogP contribution in [-0.2, 0) is 6.42 Å². The number of oxazole rings is 1. The third-order valence-corrected chi connectivity index (χ3v) is 5.37. The summed E-state index contributed by atoms with van der Waals surface area (Å²) in [6, 6.07) is 11.2. The highest BCUT2D eigenvalue weighted by molar-refractivity contribution is 6.30. The van der Waals surface area contributed by atoms with Crippen molar-refractivity contribution in [1.82, 2.24) is 14.9 Å². The van der Waals surface area contributed by atoms with Crippen LogP contribution >= 0.6 is 11.6 Å². The quantitative estimate of drug-likeness (QED) is 0.624. The molecule has 1 aromatic carbocycles. The van der Waals surface area contributed by atoms with Crippen molar-refractivity contribution in [2.75, 3.05) is 20.2 Å². The number of carbonyl (C=O) groups excluding carboxylic acids is 1. The van der Waals surface area contributed by atoms with Gasteiger partial charge in [0.2, 0.25) is 5.88 Å². The summed E-state index contributed by atoms with van der Waals surface area (Å²) in [7, 11) is 1.52. The van der Waals surface area contributed by atoms with Crippen molar-refractivity contribution in [3.63, 3.8) is 0 Å². The van der Waals surface area contributed by atoms with Crippen LogP contribution in [0.1, 0.15) is 46.3 Å². The fraction of sp³-hybridized carbons (Fsp3) is 0.318. The SMILES string of the molecule is COc1ncccc1C(=O)N1CCC[C@@H](c2ncc(Cc3ccc(Cl)cc3)o2)C1. The first-order chi connectivity index (χ1) is 14.1. The van der Waals surface area contributed by atoms with Crippen molar-refractivity contribution in [3.05, 3.63) is 76.6 Å². The van der Waals surface area contributed by atoms with E-state index in [0.29, 0.717) is 41.9 Å². The molecule has 1 amide bonds. The van der Waals surface area contributed by atoms with E-state index in [1.165, 1.54) is 7.11 Å². The molecular weight excluding hydrogens is 390 g/mol. The van der Waals surface area contributed by atoms with Crippen molar-refractivity contribution < 1.29 is 13.9 Å². The summed E-state index contributed by atoms with van der Waals surface area (Å²) < 4.78 is 11.3. The number of piperidine rings is 1. The molecular formula is C22H22ClN3O3. The Morgan fingerprint density at radius 3 is 2.90 bits per heavy atom. The van der Waals surface area contributed by atoms with Crippen molar-refractivity contribution in [1.29, 1.82) is 0 Å². The van der Waals surface area contributed by atoms with Gasteiger partial charge in [-0.1, -0.05) is 23.7 Å². The third kappa shape index (κ3) is 4.43. The highest BCUT2D eigenvalue weighted by Crippen LogP contribution is 2.29. The first kappa shape index (κ1) is 19.5. The summed E-state index contributed by atoms with van der Waals surface area (Å²) in [6.07, 6.45) is 5.88. The van der Waals surface area contributed by atoms with Gasteiger partial charge in [0.15, 0.2) is 5.89 Å². The molecule has 4 rings (SSSR count). The van der Waals surface area contributed by atoms with Gasteiger partial charge in [-0.15, -0.1) is 0 Å². The van der Waals surface area contributed by atoms with Crippen LogP contribution in [-0.4, -0.2) is 41.0 Å². The number of ether oxygens (including phenoxy) is 1. The summed E-state index contributed by atoms with van der Waals surface area (Å²) in [5, 5.41) is 0.712. The molecule has 0 aliphatic carbocycles. The molecule has 3 heterocycles. The first-order valence-corrected chi connectivity index (χ1v) is 9.99. The van der Waals surface area contributed by atoms with E-state index in [1.54, 1.807) is 24.5 Å². The number of rotatable bonds is 5. The highest BCUT2D eigenvalue weighted by atomic mass is 35.5. The molecule has 7 heteroatoms. The number of benzene rings is 1. The number of hydrogen-bond donors (Lipinski definition) is 0. The molecule has 1 aliphatic heterocycles. The molecule has 29 heavy (non-hydrogen) atoms. The molecule has 0 bridgehead atoms. The number of pyridine rings is 1. The molecule has 1 fully saturated rings. The fourth-order valence-corrected chi connectivity index (χ4v) is 3.77. The second-order valence-corrected chi connectivity index (χ2v) is 7.56. The minimum atomic E-state index is -0.0763. The van der Waals surface area contributed by atoms with Gasteiger partial charge in [0, 0.05) is 30.7 Å². The average Bonchev–Trinajstić information content (AvgIpc) is 3.23. The maximum absolute atomic E-state index is 13.0. The molecule has 0 radical (unpaired) electrons. The number of carbonyl (C=O) groups is 1. The lowest BCUT2D eigenvalue weighted by atomic mass is 9.97. The summed E-state index contributed by atoms with van der Waals surface area (Å²) in [6.45, 7) is 1.27. The number of hydrogen-bond acceptors (Lipinski definition) is 5. The van der Waals surface area contributed by atoms with Gasteiger partial charge in [-0.2, -0.15) is 0 Å². The number of halogens is 1. The van der Waals surface area contributed by atoms with Crippen LogP contribution in [0, 0.1) is 0 Å². The normalized spacial score (nSPS) is 16.6. The maximum Gasteiger partial charge on any atom is 0.259 e. The van der Waals surface area contributed by atoms with Gasteiger partial charge in [-0.3, -0.25) is 4.79 Å². The van der Waals surface area contributed by atoms with E-state index in [9.17, 15) is 4.79 Å². The largest absolute Gasteiger partial charge is 0.480 e. The van der Waals surface area contributed by atoms with E-state index in [-0.39, 0.29) is 11.8 Å². The first-order valence-electron chi connectivity index (χ1n) is 9.61. The minimum Gasteiger partial charge on any atom is -0.480 e. The van der Waals surface area contributed by atoms with Crippen LogP contribution in [0.25, 0.3) is 0 Å². The lowest BCUT2D eigenvalue weighted by Gasteiger charge is -2.31. The van der Waals surface area contributed by atoms with Gasteiger partial charge in [-0.25, -0.2) is 9.97 Å². The summed E-state index contributed by atoms with van der Waals surface area (Å²) in [4.78, 5) is 23.4. The zero-order valence-electron chi connectivity index (χ0n) is 16.2. The minimum absolute atomic E-state index is 0.0763. The standard InChI is InChI=1S/C22H22ClN3O3/c1-28-21-19(5-2-10-24-21)22(27)26-11-3-4-16(14-26)20-25-13-18(29-20)12-15-6-8-17(23)9-7-15/h2,5-10,13,16H,3-4,11-12,14H2,1H3/t16-/m1/s1. The van der Waals surface area contributed by atoms with E-state index in [4.69, 9.17) is 20.8 Å². The van der Waals surface area contributed by atoms with Crippen LogP contribution in [0.2, 0.25) is 5.02 Å². The smallest absolute Gasteiger partial charge is 0.259 e. The average molecular weight is 412 g/mol. The molecule has 1 aliphatic rings. The maximum atomic E-state index is 13.0. The molecule has 150 valence electrons. The van der Waals surface area contributed by atoms with Gasteiger partial charge in [0.05, 0.1) is 19.2 Å². The van der Waals surface area contributed by atoms with E-state index in [0.717, 1.165) is 24.2 Å². The number of likely N-dealkylation sites (tertiary alicyclic amines) is 1. The Bertz CT molecular complexity index is 987. The fourth-order valence-electron chi connectivity index (χ4n) is 3.65. The molecule has 1 atom stereocenters. The van der Waals surface area contributed by atoms with E-state index < -0.39 is 0 Å². The molecule has 2 aromatic heterocycles. The van der Waals surface area contributed by atoms with Gasteiger partial charge >= 0.3 is 0 Å². The molecule has 3 aromatic rings. The Morgan fingerprint density at radius 2 is 2.10 bits per heavy atom. The molecule has 6 nitrogen and oxygen atoms in total. The number of nitrogens with zero attached hydrogens (tertiary/aromatic N) is 3. The van der Waals surface area contributed by atoms with Crippen LogP contribution in [0.4, 0.5) is 0 Å². The monoisotopic (exact) mass is 411 g/mol. The molecule has 0 saturated carbocycles. The van der Waals surface area contributed by atoms with Gasteiger partial charge in [-0.05, 0) is 42.7 Å². The van der Waals surface area contributed by atoms with Crippen LogP contribution < -0.4 is 4.74 Å². The van der Waals surface area contributed by atoms with Crippen molar-refractivity contribution in [2.45, 2.75) is 25.2 Å². The zero-order chi connectivity index (χ0) is 20.2. The summed E-state index contributed by atoms with van der Waals surface area (Å²) in [5.74, 6) is 1.84. The van der Waals surface area contributed by atoms with E-state index >= 15 is 0 Å². The third-order valence-electron chi connectivity index (χ3n) is 5.12. The highest BCUT2D eigenvalue weighted by Gasteiger charge is 2.29. The second-order valence-electron chi connectivity index (χ2n) is 7.12. The Kier molecular flexibility index (Phi) is 5.81. The van der Waals surface area contributed by atoms with E-state index in [1.807, 2.05) is 29.2 Å². The van der Waals surface area contributed by atoms with E-state index in [2.05, 4.69) is 9.97 Å². The Balaban J connectivity index is 1.45. The molecule has 0 unspecified atom stereocenters. The molecule has 0 spiro atoms. The molecule has 0 N–H and O–H groups in total. The molecule has 1 saturated heterocycles.